The van der Waals surface area contributed by atoms with E-state index < -0.39 is 0 Å². The van der Waals surface area contributed by atoms with Crippen LogP contribution in [0.2, 0.25) is 0 Å². The number of fused-ring (bicyclic) bond motifs is 1. The Kier molecular flexibility index (Phi) is 5.38. The second-order valence-corrected chi connectivity index (χ2v) is 8.84. The highest BCUT2D eigenvalue weighted by molar-refractivity contribution is 9.10. The summed E-state index contributed by atoms with van der Waals surface area (Å²) in [6.45, 7) is 0.465. The monoisotopic (exact) mass is 500 g/mol. The minimum atomic E-state index is -0.0710. The Morgan fingerprint density at radius 2 is 1.70 bits per heavy atom. The smallest absolute Gasteiger partial charge is 0.260 e. The van der Waals surface area contributed by atoms with Gasteiger partial charge in [-0.3, -0.25) is 9.69 Å². The van der Waals surface area contributed by atoms with E-state index in [1.165, 1.54) is 11.3 Å². The summed E-state index contributed by atoms with van der Waals surface area (Å²) in [5.41, 5.74) is 2.57. The van der Waals surface area contributed by atoms with Crippen molar-refractivity contribution in [3.8, 4) is 0 Å². The summed E-state index contributed by atoms with van der Waals surface area (Å²) in [6.07, 6.45) is 0. The van der Waals surface area contributed by atoms with Crippen LogP contribution in [-0.4, -0.2) is 10.9 Å². The van der Waals surface area contributed by atoms with Gasteiger partial charge in [-0.05, 0) is 42.0 Å². The van der Waals surface area contributed by atoms with Crippen LogP contribution in [0.15, 0.2) is 81.7 Å². The maximum atomic E-state index is 13.3. The largest absolute Gasteiger partial charge is 0.279 e. The van der Waals surface area contributed by atoms with Crippen LogP contribution < -0.4 is 4.90 Å². The fraction of sp³-hybridized carbons (Fsp3) is 0.0476. The van der Waals surface area contributed by atoms with Crippen molar-refractivity contribution < 1.29 is 4.79 Å². The minimum Gasteiger partial charge on any atom is -0.279 e. The van der Waals surface area contributed by atoms with Crippen LogP contribution in [0.25, 0.3) is 10.2 Å². The first-order valence-electron chi connectivity index (χ1n) is 8.27. The van der Waals surface area contributed by atoms with Gasteiger partial charge in [0.1, 0.15) is 0 Å². The van der Waals surface area contributed by atoms with Crippen LogP contribution in [0.5, 0.6) is 0 Å². The molecular weight excluding hydrogens is 488 g/mol. The third-order valence-corrected chi connectivity index (χ3v) is 6.10. The highest BCUT2D eigenvalue weighted by Crippen LogP contribution is 2.32. The second-order valence-electron chi connectivity index (χ2n) is 6.00. The van der Waals surface area contributed by atoms with E-state index in [0.29, 0.717) is 17.2 Å². The lowest BCUT2D eigenvalue weighted by Crippen LogP contribution is -2.30. The number of aromatic nitrogens is 1. The van der Waals surface area contributed by atoms with E-state index in [1.54, 1.807) is 4.90 Å². The molecule has 1 aromatic heterocycles. The van der Waals surface area contributed by atoms with Gasteiger partial charge >= 0.3 is 0 Å². The Balaban J connectivity index is 1.77. The number of anilines is 1. The van der Waals surface area contributed by atoms with Crippen molar-refractivity contribution in [1.29, 1.82) is 0 Å². The van der Waals surface area contributed by atoms with E-state index in [0.717, 1.165) is 24.7 Å². The molecule has 0 N–H and O–H groups in total. The van der Waals surface area contributed by atoms with Gasteiger partial charge in [0.25, 0.3) is 5.91 Å². The number of carbonyl (C=O) groups excluding carboxylic acids is 1. The molecule has 134 valence electrons. The van der Waals surface area contributed by atoms with Gasteiger partial charge in [-0.2, -0.15) is 0 Å². The molecule has 1 amide bonds. The molecule has 0 saturated heterocycles. The summed E-state index contributed by atoms with van der Waals surface area (Å²) in [4.78, 5) is 19.8. The van der Waals surface area contributed by atoms with Crippen LogP contribution in [-0.2, 0) is 6.54 Å². The molecule has 3 nitrogen and oxygen atoms in total. The zero-order chi connectivity index (χ0) is 18.8. The van der Waals surface area contributed by atoms with Crippen molar-refractivity contribution in [3.05, 3.63) is 92.9 Å². The zero-order valence-corrected chi connectivity index (χ0v) is 18.1. The van der Waals surface area contributed by atoms with Crippen molar-refractivity contribution >= 4 is 64.5 Å². The lowest BCUT2D eigenvalue weighted by molar-refractivity contribution is 0.0985. The Morgan fingerprint density at radius 3 is 2.48 bits per heavy atom. The number of halogens is 2. The quantitative estimate of drug-likeness (QED) is 0.313. The molecule has 0 fully saturated rings. The first-order chi connectivity index (χ1) is 13.1. The van der Waals surface area contributed by atoms with Gasteiger partial charge < -0.3 is 0 Å². The maximum Gasteiger partial charge on any atom is 0.260 e. The summed E-state index contributed by atoms with van der Waals surface area (Å²) in [7, 11) is 0. The Labute approximate surface area is 177 Å². The molecule has 0 saturated carbocycles. The van der Waals surface area contributed by atoms with Gasteiger partial charge in [-0.25, -0.2) is 4.98 Å². The van der Waals surface area contributed by atoms with Crippen molar-refractivity contribution in [2.75, 3.05) is 4.90 Å². The molecule has 0 bridgehead atoms. The van der Waals surface area contributed by atoms with Crippen LogP contribution in [0.1, 0.15) is 15.9 Å². The third-order valence-electron chi connectivity index (χ3n) is 4.07. The van der Waals surface area contributed by atoms with Gasteiger partial charge in [0.05, 0.1) is 16.8 Å². The first kappa shape index (κ1) is 18.3. The van der Waals surface area contributed by atoms with Crippen LogP contribution in [0, 0.1) is 0 Å². The fourth-order valence-corrected chi connectivity index (χ4v) is 4.69. The van der Waals surface area contributed by atoms with E-state index in [-0.39, 0.29) is 5.91 Å². The molecule has 27 heavy (non-hydrogen) atoms. The average Bonchev–Trinajstić information content (AvgIpc) is 3.09. The van der Waals surface area contributed by atoms with E-state index >= 15 is 0 Å². The summed E-state index contributed by atoms with van der Waals surface area (Å²) in [5, 5.41) is 0.692. The number of benzene rings is 3. The third kappa shape index (κ3) is 4.13. The minimum absolute atomic E-state index is 0.0710. The molecule has 4 aromatic rings. The number of nitrogens with zero attached hydrogens (tertiary/aromatic N) is 2. The predicted octanol–water partition coefficient (Wildman–Crippen LogP) is 6.67. The Morgan fingerprint density at radius 1 is 0.926 bits per heavy atom. The lowest BCUT2D eigenvalue weighted by atomic mass is 10.1. The summed E-state index contributed by atoms with van der Waals surface area (Å²) >= 11 is 8.47. The fourth-order valence-electron chi connectivity index (χ4n) is 2.77. The molecule has 1 heterocycles. The lowest BCUT2D eigenvalue weighted by Gasteiger charge is -2.20. The highest BCUT2D eigenvalue weighted by Gasteiger charge is 2.22. The van der Waals surface area contributed by atoms with E-state index in [2.05, 4.69) is 31.9 Å². The maximum absolute atomic E-state index is 13.3. The van der Waals surface area contributed by atoms with Crippen molar-refractivity contribution in [2.45, 2.75) is 6.54 Å². The van der Waals surface area contributed by atoms with Crippen LogP contribution >= 0.6 is 43.2 Å². The van der Waals surface area contributed by atoms with Crippen molar-refractivity contribution in [3.63, 3.8) is 0 Å². The summed E-state index contributed by atoms with van der Waals surface area (Å²) in [6, 6.07) is 23.4. The molecule has 6 heteroatoms. The topological polar surface area (TPSA) is 33.2 Å². The number of thiazole rings is 1. The Hall–Kier alpha value is -2.02. The van der Waals surface area contributed by atoms with E-state index in [9.17, 15) is 4.79 Å². The second kappa shape index (κ2) is 7.92. The van der Waals surface area contributed by atoms with Gasteiger partial charge in [-0.1, -0.05) is 79.6 Å². The molecule has 0 aliphatic rings. The van der Waals surface area contributed by atoms with E-state index in [4.69, 9.17) is 4.98 Å². The van der Waals surface area contributed by atoms with Crippen molar-refractivity contribution in [1.82, 2.24) is 4.98 Å². The van der Waals surface area contributed by atoms with Gasteiger partial charge in [0.2, 0.25) is 0 Å². The van der Waals surface area contributed by atoms with Gasteiger partial charge in [0.15, 0.2) is 5.13 Å². The zero-order valence-electron chi connectivity index (χ0n) is 14.1. The van der Waals surface area contributed by atoms with Gasteiger partial charge in [-0.15, -0.1) is 0 Å². The molecule has 0 unspecified atom stereocenters. The number of hydrogen-bond donors (Lipinski definition) is 0. The number of rotatable bonds is 4. The molecule has 0 aliphatic carbocycles. The molecule has 3 aromatic carbocycles. The van der Waals surface area contributed by atoms with Crippen LogP contribution in [0.4, 0.5) is 5.13 Å². The summed E-state index contributed by atoms with van der Waals surface area (Å²) in [5.74, 6) is -0.0710. The standard InChI is InChI=1S/C21H14Br2N2OS/c22-16-8-4-7-15(11-16)20(26)25(13-14-5-2-1-3-6-14)21-24-18-10-9-17(23)12-19(18)27-21/h1-12H,13H2. The normalized spacial score (nSPS) is 10.9. The number of amides is 1. The number of carbonyl (C=O) groups is 1. The predicted molar refractivity (Wildman–Crippen MR) is 118 cm³/mol. The van der Waals surface area contributed by atoms with Crippen molar-refractivity contribution in [2.24, 2.45) is 0 Å². The molecular formula is C21H14Br2N2OS. The SMILES string of the molecule is O=C(c1cccc(Br)c1)N(Cc1ccccc1)c1nc2ccc(Br)cc2s1. The molecule has 4 rings (SSSR count). The molecule has 0 spiro atoms. The van der Waals surface area contributed by atoms with Crippen LogP contribution in [0.3, 0.4) is 0 Å². The first-order valence-corrected chi connectivity index (χ1v) is 10.7. The molecule has 0 radical (unpaired) electrons. The Bertz CT molecular complexity index is 1110. The summed E-state index contributed by atoms with van der Waals surface area (Å²) < 4.78 is 2.92. The molecule has 0 aliphatic heterocycles. The van der Waals surface area contributed by atoms with E-state index in [1.807, 2.05) is 72.8 Å². The number of hydrogen-bond acceptors (Lipinski definition) is 3. The van der Waals surface area contributed by atoms with Gasteiger partial charge in [0, 0.05) is 14.5 Å². The highest BCUT2D eigenvalue weighted by atomic mass is 79.9. The average molecular weight is 502 g/mol. The molecule has 0 atom stereocenters.